The molecule has 0 aliphatic carbocycles. The van der Waals surface area contributed by atoms with Gasteiger partial charge in [0.1, 0.15) is 0 Å². The lowest BCUT2D eigenvalue weighted by atomic mass is 10.1. The van der Waals surface area contributed by atoms with Crippen molar-refractivity contribution in [1.29, 1.82) is 0 Å². The maximum Gasteiger partial charge on any atom is 0.253 e. The number of H-pyrrole nitrogens is 1. The largest absolute Gasteiger partial charge is 0.343 e. The molecule has 0 spiro atoms. The molecule has 0 unspecified atom stereocenters. The highest BCUT2D eigenvalue weighted by molar-refractivity contribution is 7.80. The molecule has 3 aromatic rings. The van der Waals surface area contributed by atoms with Crippen molar-refractivity contribution < 1.29 is 0 Å². The Bertz CT molecular complexity index is 1090. The number of hydrogen-bond acceptors (Lipinski definition) is 3. The van der Waals surface area contributed by atoms with Crippen LogP contribution in [0.15, 0.2) is 53.3 Å². The van der Waals surface area contributed by atoms with Gasteiger partial charge in [-0.25, -0.2) is 0 Å². The molecule has 1 heterocycles. The lowest BCUT2D eigenvalue weighted by Gasteiger charge is -2.29. The number of nitrogens with one attached hydrogen (secondary N) is 2. The molecule has 164 valence electrons. The number of hydrogen-bond donors (Lipinski definition) is 2. The Labute approximate surface area is 190 Å². The minimum absolute atomic E-state index is 0.0673. The highest BCUT2D eigenvalue weighted by Crippen LogP contribution is 2.15. The molecule has 31 heavy (non-hydrogen) atoms. The predicted molar refractivity (Wildman–Crippen MR) is 135 cm³/mol. The Hall–Kier alpha value is -2.70. The van der Waals surface area contributed by atoms with Crippen LogP contribution in [0.3, 0.4) is 0 Å². The zero-order valence-electron chi connectivity index (χ0n) is 18.9. The summed E-state index contributed by atoms with van der Waals surface area (Å²) >= 11 is 5.76. The van der Waals surface area contributed by atoms with Crippen LogP contribution in [0, 0.1) is 13.8 Å². The highest BCUT2D eigenvalue weighted by Gasteiger charge is 2.15. The summed E-state index contributed by atoms with van der Waals surface area (Å²) in [5.41, 5.74) is 4.82. The van der Waals surface area contributed by atoms with Crippen molar-refractivity contribution in [2.24, 2.45) is 0 Å². The first-order valence-corrected chi connectivity index (χ1v) is 11.3. The van der Waals surface area contributed by atoms with Crippen LogP contribution in [0.25, 0.3) is 10.9 Å². The van der Waals surface area contributed by atoms with E-state index in [-0.39, 0.29) is 5.56 Å². The molecule has 0 atom stereocenters. The normalized spacial score (nSPS) is 11.1. The monoisotopic (exact) mass is 436 g/mol. The molecule has 0 bridgehead atoms. The summed E-state index contributed by atoms with van der Waals surface area (Å²) in [6.07, 6.45) is 0. The van der Waals surface area contributed by atoms with Crippen LogP contribution >= 0.6 is 12.2 Å². The quantitative estimate of drug-likeness (QED) is 0.502. The Kier molecular flexibility index (Phi) is 7.82. The third kappa shape index (κ3) is 6.15. The minimum atomic E-state index is -0.0673. The third-order valence-electron chi connectivity index (χ3n) is 5.61. The lowest BCUT2D eigenvalue weighted by Crippen LogP contribution is -2.41. The SMILES string of the molecule is CCN(CC)CCN(Cc1cc2cc(C)ccc2[nH]c1=O)C(=S)Nc1ccc(C)cc1. The summed E-state index contributed by atoms with van der Waals surface area (Å²) in [7, 11) is 0. The van der Waals surface area contributed by atoms with Crippen molar-refractivity contribution in [3.63, 3.8) is 0 Å². The molecule has 1 aromatic heterocycles. The first-order valence-electron chi connectivity index (χ1n) is 10.9. The van der Waals surface area contributed by atoms with E-state index < -0.39 is 0 Å². The molecule has 0 aliphatic heterocycles. The first-order chi connectivity index (χ1) is 14.9. The zero-order chi connectivity index (χ0) is 22.4. The van der Waals surface area contributed by atoms with Gasteiger partial charge in [0.15, 0.2) is 5.11 Å². The molecule has 5 nitrogen and oxygen atoms in total. The minimum Gasteiger partial charge on any atom is -0.343 e. The molecule has 0 radical (unpaired) electrons. The van der Waals surface area contributed by atoms with Crippen molar-refractivity contribution in [1.82, 2.24) is 14.8 Å². The summed E-state index contributed by atoms with van der Waals surface area (Å²) in [5, 5.41) is 5.00. The number of nitrogens with zero attached hydrogens (tertiary/aromatic N) is 2. The van der Waals surface area contributed by atoms with Crippen molar-refractivity contribution >= 4 is 33.9 Å². The molecule has 0 aliphatic rings. The fourth-order valence-electron chi connectivity index (χ4n) is 3.59. The van der Waals surface area contributed by atoms with E-state index in [4.69, 9.17) is 12.2 Å². The van der Waals surface area contributed by atoms with Gasteiger partial charge in [0, 0.05) is 29.9 Å². The smallest absolute Gasteiger partial charge is 0.253 e. The summed E-state index contributed by atoms with van der Waals surface area (Å²) in [5.74, 6) is 0. The number of aromatic amines is 1. The molecular weight excluding hydrogens is 404 g/mol. The Morgan fingerprint density at radius 2 is 1.65 bits per heavy atom. The average Bonchev–Trinajstić information content (AvgIpc) is 2.75. The van der Waals surface area contributed by atoms with Crippen LogP contribution in [0.1, 0.15) is 30.5 Å². The molecule has 3 rings (SSSR count). The number of fused-ring (bicyclic) bond motifs is 1. The van der Waals surface area contributed by atoms with Crippen LogP contribution in [0.4, 0.5) is 5.69 Å². The average molecular weight is 437 g/mol. The van der Waals surface area contributed by atoms with E-state index in [1.165, 1.54) is 11.1 Å². The van der Waals surface area contributed by atoms with Gasteiger partial charge < -0.3 is 20.1 Å². The van der Waals surface area contributed by atoms with Gasteiger partial charge in [-0.05, 0) is 74.9 Å². The van der Waals surface area contributed by atoms with E-state index in [1.807, 2.05) is 30.3 Å². The van der Waals surface area contributed by atoms with Crippen molar-refractivity contribution in [2.45, 2.75) is 34.2 Å². The van der Waals surface area contributed by atoms with Gasteiger partial charge in [-0.3, -0.25) is 4.79 Å². The molecule has 6 heteroatoms. The summed E-state index contributed by atoms with van der Waals surface area (Å²) in [6.45, 7) is 12.5. The third-order valence-corrected chi connectivity index (χ3v) is 5.97. The van der Waals surface area contributed by atoms with E-state index >= 15 is 0 Å². The van der Waals surface area contributed by atoms with Crippen LogP contribution in [0.5, 0.6) is 0 Å². The molecule has 0 saturated heterocycles. The van der Waals surface area contributed by atoms with Gasteiger partial charge in [0.25, 0.3) is 5.56 Å². The van der Waals surface area contributed by atoms with E-state index in [2.05, 4.69) is 66.0 Å². The van der Waals surface area contributed by atoms with Gasteiger partial charge in [-0.2, -0.15) is 0 Å². The van der Waals surface area contributed by atoms with Crippen LogP contribution in [0.2, 0.25) is 0 Å². The lowest BCUT2D eigenvalue weighted by molar-refractivity contribution is 0.266. The van der Waals surface area contributed by atoms with E-state index in [0.717, 1.165) is 42.8 Å². The number of anilines is 1. The Morgan fingerprint density at radius 3 is 2.32 bits per heavy atom. The number of benzene rings is 2. The van der Waals surface area contributed by atoms with Crippen molar-refractivity contribution in [3.05, 3.63) is 75.6 Å². The number of aromatic nitrogens is 1. The molecule has 2 N–H and O–H groups in total. The highest BCUT2D eigenvalue weighted by atomic mass is 32.1. The van der Waals surface area contributed by atoms with Gasteiger partial charge >= 0.3 is 0 Å². The molecule has 0 amide bonds. The topological polar surface area (TPSA) is 51.4 Å². The van der Waals surface area contributed by atoms with Crippen LogP contribution in [-0.4, -0.2) is 46.1 Å². The second kappa shape index (κ2) is 10.6. The zero-order valence-corrected chi connectivity index (χ0v) is 19.7. The Morgan fingerprint density at radius 1 is 0.968 bits per heavy atom. The molecule has 0 fully saturated rings. The van der Waals surface area contributed by atoms with Gasteiger partial charge in [0.05, 0.1) is 6.54 Å². The van der Waals surface area contributed by atoms with Gasteiger partial charge in [-0.15, -0.1) is 0 Å². The number of aryl methyl sites for hydroxylation is 2. The van der Waals surface area contributed by atoms with E-state index in [9.17, 15) is 4.79 Å². The van der Waals surface area contributed by atoms with Crippen LogP contribution in [-0.2, 0) is 6.54 Å². The number of thiocarbonyl (C=S) groups is 1. The number of pyridine rings is 1. The number of rotatable bonds is 8. The predicted octanol–water partition coefficient (Wildman–Crippen LogP) is 4.69. The molecule has 0 saturated carbocycles. The van der Waals surface area contributed by atoms with Crippen molar-refractivity contribution in [2.75, 3.05) is 31.5 Å². The van der Waals surface area contributed by atoms with E-state index in [0.29, 0.717) is 17.2 Å². The molecular formula is C25H32N4OS. The maximum absolute atomic E-state index is 12.8. The maximum atomic E-state index is 12.8. The fourth-order valence-corrected chi connectivity index (χ4v) is 3.86. The first kappa shape index (κ1) is 23.0. The second-order valence-corrected chi connectivity index (χ2v) is 8.35. The fraction of sp³-hybridized carbons (Fsp3) is 0.360. The number of likely N-dealkylation sites (N-methyl/N-ethyl adjacent to an activating group) is 1. The standard InChI is InChI=1S/C25H32N4OS/c1-5-28(6-2)13-14-29(25(31)26-22-10-7-18(3)8-11-22)17-21-16-20-15-19(4)9-12-23(20)27-24(21)30/h7-12,15-16H,5-6,13-14,17H2,1-4H3,(H,26,31)(H,27,30). The van der Waals surface area contributed by atoms with Crippen LogP contribution < -0.4 is 10.9 Å². The second-order valence-electron chi connectivity index (χ2n) is 7.96. The Balaban J connectivity index is 1.85. The van der Waals surface area contributed by atoms with E-state index in [1.54, 1.807) is 0 Å². The van der Waals surface area contributed by atoms with Gasteiger partial charge in [0.2, 0.25) is 0 Å². The summed E-state index contributed by atoms with van der Waals surface area (Å²) in [4.78, 5) is 20.2. The summed E-state index contributed by atoms with van der Waals surface area (Å²) in [6, 6.07) is 16.2. The summed E-state index contributed by atoms with van der Waals surface area (Å²) < 4.78 is 0. The molecule has 2 aromatic carbocycles. The van der Waals surface area contributed by atoms with Gasteiger partial charge in [-0.1, -0.05) is 43.2 Å². The van der Waals surface area contributed by atoms with Crippen molar-refractivity contribution in [3.8, 4) is 0 Å².